The summed E-state index contributed by atoms with van der Waals surface area (Å²) in [7, 11) is 0. The van der Waals surface area contributed by atoms with Gasteiger partial charge in [0.05, 0.1) is 18.1 Å². The monoisotopic (exact) mass is 756 g/mol. The van der Waals surface area contributed by atoms with E-state index in [1.165, 1.54) is 43.2 Å². The first-order valence-corrected chi connectivity index (χ1v) is 18.2. The average Bonchev–Trinajstić information content (AvgIpc) is 3.11. The Kier molecular flexibility index (Phi) is 16.7. The molecule has 0 aromatic heterocycles. The van der Waals surface area contributed by atoms with Crippen LogP contribution in [-0.2, 0) is 39.9 Å². The minimum absolute atomic E-state index is 0.0559. The Hall–Kier alpha value is -4.73. The van der Waals surface area contributed by atoms with Crippen molar-refractivity contribution >= 4 is 35.8 Å². The number of fused-ring (bicyclic) bond motifs is 2. The lowest BCUT2D eigenvalue weighted by Crippen LogP contribution is -2.62. The molecule has 2 heterocycles. The molecule has 3 rings (SSSR count). The zero-order chi connectivity index (χ0) is 40.1. The van der Waals surface area contributed by atoms with Crippen molar-refractivity contribution in [2.24, 2.45) is 17.8 Å². The summed E-state index contributed by atoms with van der Waals surface area (Å²) in [4.78, 5) is 78.6. The number of phenols is 1. The quantitative estimate of drug-likeness (QED) is 0.129. The molecular weight excluding hydrogens is 703 g/mol. The summed E-state index contributed by atoms with van der Waals surface area (Å²) < 4.78 is 20.1. The number of aldehydes is 1. The van der Waals surface area contributed by atoms with Crippen LogP contribution in [-0.4, -0.2) is 99.1 Å². The van der Waals surface area contributed by atoms with Gasteiger partial charge in [-0.1, -0.05) is 45.1 Å². The summed E-state index contributed by atoms with van der Waals surface area (Å²) in [6.45, 7) is 7.95. The van der Waals surface area contributed by atoms with Crippen LogP contribution in [0.3, 0.4) is 0 Å². The number of hydrogen-bond acceptors (Lipinski definition) is 11. The second kappa shape index (κ2) is 20.7. The molecule has 2 aliphatic rings. The lowest BCUT2D eigenvalue weighted by molar-refractivity contribution is -0.156. The van der Waals surface area contributed by atoms with Gasteiger partial charge in [0.1, 0.15) is 47.9 Å². The molecule has 15 heteroatoms. The van der Waals surface area contributed by atoms with Gasteiger partial charge in [0.2, 0.25) is 11.8 Å². The molecule has 3 amide bonds. The molecule has 0 saturated carbocycles. The number of aromatic hydroxyl groups is 1. The highest BCUT2D eigenvalue weighted by atomic mass is 19.1. The van der Waals surface area contributed by atoms with Gasteiger partial charge in [0.25, 0.3) is 5.91 Å². The number of cyclic esters (lactones) is 1. The van der Waals surface area contributed by atoms with Gasteiger partial charge in [-0.15, -0.1) is 0 Å². The van der Waals surface area contributed by atoms with Crippen molar-refractivity contribution in [2.45, 2.75) is 110 Å². The number of aliphatic hydroxyl groups excluding tert-OH is 2. The second-order valence-corrected chi connectivity index (χ2v) is 14.3. The maximum Gasteiger partial charge on any atom is 0.325 e. The third kappa shape index (κ3) is 12.7. The van der Waals surface area contributed by atoms with Gasteiger partial charge >= 0.3 is 5.97 Å². The van der Waals surface area contributed by atoms with E-state index in [9.17, 15) is 48.5 Å². The van der Waals surface area contributed by atoms with Crippen LogP contribution in [0, 0.1) is 23.6 Å². The number of hydrazine groups is 1. The number of nitrogens with one attached hydrogen (secondary N) is 3. The highest BCUT2D eigenvalue weighted by Gasteiger charge is 2.38. The fourth-order valence-corrected chi connectivity index (χ4v) is 6.33. The first-order valence-electron chi connectivity index (χ1n) is 18.2. The summed E-state index contributed by atoms with van der Waals surface area (Å²) in [5.41, 5.74) is 3.51. The zero-order valence-corrected chi connectivity index (χ0v) is 31.4. The van der Waals surface area contributed by atoms with E-state index in [4.69, 9.17) is 4.74 Å². The predicted molar refractivity (Wildman–Crippen MR) is 196 cm³/mol. The van der Waals surface area contributed by atoms with Gasteiger partial charge in [-0.25, -0.2) is 9.82 Å². The Bertz CT molecular complexity index is 1590. The number of phenolic OH excluding ortho intramolecular Hbond substituents is 1. The third-order valence-corrected chi connectivity index (χ3v) is 9.62. The van der Waals surface area contributed by atoms with Crippen LogP contribution in [0.4, 0.5) is 4.39 Å². The van der Waals surface area contributed by atoms with Gasteiger partial charge in [0, 0.05) is 37.8 Å². The third-order valence-electron chi connectivity index (χ3n) is 9.62. The van der Waals surface area contributed by atoms with Gasteiger partial charge in [-0.3, -0.25) is 29.0 Å². The van der Waals surface area contributed by atoms with E-state index < -0.39 is 89.4 Å². The van der Waals surface area contributed by atoms with Crippen molar-refractivity contribution in [2.75, 3.05) is 6.54 Å². The fourth-order valence-electron chi connectivity index (χ4n) is 6.33. The van der Waals surface area contributed by atoms with Gasteiger partial charge < -0.3 is 35.5 Å². The average molecular weight is 757 g/mol. The Morgan fingerprint density at radius 1 is 1.07 bits per heavy atom. The standard InChI is InChI=1S/C39H53FN4O10/c1-22(2)34-37(51)41-31(20-26-18-27(40)21-28(47)19-26)38(52)44-16-9-10-30(43-44)39(53)54-33(23(3)15-17-45)12-8-6-7-11-32(48)25(5)35(49)29(36(50)42-34)14-13-24(4)46/h6-8,11,15,17-19,21-22,25,29-35,43,47-49H,9-10,12-14,16,20H2,1-5H3,(H,41,51)(H,42,50)/b8-6+,11-7+,23-15+/t25-,29+,30?,31-,32-,33-,34-,35+/m0/s1. The van der Waals surface area contributed by atoms with Crippen LogP contribution in [0.2, 0.25) is 0 Å². The Balaban J connectivity index is 2.08. The molecule has 2 bridgehead atoms. The molecule has 8 atom stereocenters. The van der Waals surface area contributed by atoms with E-state index in [1.807, 2.05) is 0 Å². The minimum atomic E-state index is -1.45. The maximum atomic E-state index is 14.3. The number of allylic oxidation sites excluding steroid dienone is 3. The largest absolute Gasteiger partial charge is 0.508 e. The molecular formula is C39H53FN4O10. The van der Waals surface area contributed by atoms with Gasteiger partial charge in [-0.05, 0) is 68.4 Å². The number of benzene rings is 1. The van der Waals surface area contributed by atoms with Crippen molar-refractivity contribution < 1.29 is 53.2 Å². The van der Waals surface area contributed by atoms with E-state index >= 15 is 0 Å². The van der Waals surface area contributed by atoms with Gasteiger partial charge in [-0.2, -0.15) is 0 Å². The smallest absolute Gasteiger partial charge is 0.325 e. The first kappa shape index (κ1) is 43.7. The number of hydrogen-bond donors (Lipinski definition) is 6. The normalized spacial score (nSPS) is 29.6. The van der Waals surface area contributed by atoms with Crippen molar-refractivity contribution in [3.8, 4) is 5.75 Å². The molecule has 1 aromatic rings. The molecule has 14 nitrogen and oxygen atoms in total. The second-order valence-electron chi connectivity index (χ2n) is 14.3. The SMILES string of the molecule is CC(=O)CC[C@H]1C(=O)N[C@@H](C(C)C)C(=O)N[C@@H](Cc2cc(O)cc(F)c2)C(=O)N2CCCC(N2)C(=O)O[C@H](/C(C)=C/C=O)C/C=C/C=C/[C@H](O)[C@H](C)[C@H]1O. The minimum Gasteiger partial charge on any atom is -0.508 e. The van der Waals surface area contributed by atoms with Crippen molar-refractivity contribution in [3.05, 3.63) is 65.5 Å². The van der Waals surface area contributed by atoms with E-state index in [0.29, 0.717) is 24.7 Å². The number of Topliss-reactive ketones (excluding diaryl/α,β-unsaturated/α-hetero) is 1. The van der Waals surface area contributed by atoms with Crippen molar-refractivity contribution in [1.82, 2.24) is 21.1 Å². The molecule has 1 unspecified atom stereocenters. The summed E-state index contributed by atoms with van der Waals surface area (Å²) in [6, 6.07) is -0.387. The molecule has 6 N–H and O–H groups in total. The number of halogens is 1. The molecule has 0 radical (unpaired) electrons. The zero-order valence-electron chi connectivity index (χ0n) is 31.4. The van der Waals surface area contributed by atoms with E-state index in [0.717, 1.165) is 12.1 Å². The summed E-state index contributed by atoms with van der Waals surface area (Å²) in [5, 5.41) is 38.9. The lowest BCUT2D eigenvalue weighted by atomic mass is 9.84. The van der Waals surface area contributed by atoms with E-state index in [1.54, 1.807) is 32.9 Å². The fraction of sp³-hybridized carbons (Fsp3) is 0.538. The van der Waals surface area contributed by atoms with Crippen molar-refractivity contribution in [3.63, 3.8) is 0 Å². The number of ketones is 1. The molecule has 2 aliphatic heterocycles. The summed E-state index contributed by atoms with van der Waals surface area (Å²) >= 11 is 0. The van der Waals surface area contributed by atoms with Crippen molar-refractivity contribution in [1.29, 1.82) is 0 Å². The number of esters is 1. The summed E-state index contributed by atoms with van der Waals surface area (Å²) in [6.07, 6.45) is 4.88. The molecule has 0 spiro atoms. The van der Waals surface area contributed by atoms with Crippen LogP contribution in [0.5, 0.6) is 5.75 Å². The van der Waals surface area contributed by atoms with Crippen LogP contribution in [0.25, 0.3) is 0 Å². The lowest BCUT2D eigenvalue weighted by Gasteiger charge is -2.36. The van der Waals surface area contributed by atoms with Crippen LogP contribution >= 0.6 is 0 Å². The molecule has 296 valence electrons. The Morgan fingerprint density at radius 2 is 1.80 bits per heavy atom. The number of ether oxygens (including phenoxy) is 1. The number of carbonyl (C=O) groups is 6. The molecule has 0 aliphatic carbocycles. The molecule has 1 fully saturated rings. The first-order chi connectivity index (χ1) is 25.5. The van der Waals surface area contributed by atoms with E-state index in [-0.39, 0.29) is 43.6 Å². The number of amides is 3. The number of rotatable bonds is 8. The molecule has 1 saturated heterocycles. The highest BCUT2D eigenvalue weighted by molar-refractivity contribution is 5.93. The topological polar surface area (TPSA) is 212 Å². The predicted octanol–water partition coefficient (Wildman–Crippen LogP) is 2.11. The Labute approximate surface area is 314 Å². The highest BCUT2D eigenvalue weighted by Crippen LogP contribution is 2.24. The van der Waals surface area contributed by atoms with Gasteiger partial charge in [0.15, 0.2) is 0 Å². The van der Waals surface area contributed by atoms with Crippen LogP contribution in [0.15, 0.2) is 54.2 Å². The molecule has 1 aromatic carbocycles. The Morgan fingerprint density at radius 3 is 2.44 bits per heavy atom. The summed E-state index contributed by atoms with van der Waals surface area (Å²) in [5.74, 6) is -6.99. The number of nitrogens with zero attached hydrogens (tertiary/aromatic N) is 1. The molecule has 54 heavy (non-hydrogen) atoms. The van der Waals surface area contributed by atoms with Crippen LogP contribution in [0.1, 0.15) is 72.3 Å². The van der Waals surface area contributed by atoms with Crippen LogP contribution < -0.4 is 16.1 Å². The van der Waals surface area contributed by atoms with E-state index in [2.05, 4.69) is 16.1 Å². The maximum absolute atomic E-state index is 14.3. The number of carbonyl (C=O) groups excluding carboxylic acids is 6. The number of aliphatic hydroxyl groups is 2.